The maximum Gasteiger partial charge on any atom is 0.276 e. The van der Waals surface area contributed by atoms with Crippen LogP contribution in [-0.2, 0) is 0 Å². The minimum Gasteiger partial charge on any atom is -0.494 e. The van der Waals surface area contributed by atoms with Gasteiger partial charge in [-0.3, -0.25) is 9.89 Å². The summed E-state index contributed by atoms with van der Waals surface area (Å²) < 4.78 is 6.96. The van der Waals surface area contributed by atoms with Crippen LogP contribution in [0.2, 0.25) is 0 Å². The average molecular weight is 412 g/mol. The fourth-order valence-corrected chi connectivity index (χ4v) is 3.67. The number of hydrogen-bond donors (Lipinski definition) is 2. The number of anilines is 1. The van der Waals surface area contributed by atoms with Gasteiger partial charge in [0.2, 0.25) is 0 Å². The van der Waals surface area contributed by atoms with Gasteiger partial charge >= 0.3 is 0 Å². The molecule has 0 unspecified atom stereocenters. The van der Waals surface area contributed by atoms with E-state index in [-0.39, 0.29) is 18.1 Å². The monoisotopic (exact) mass is 411 g/mol. The third-order valence-electron chi connectivity index (χ3n) is 5.14. The molecule has 2 N–H and O–H groups in total. The third-order valence-corrected chi connectivity index (χ3v) is 5.14. The molecule has 0 saturated carbocycles. The van der Waals surface area contributed by atoms with Gasteiger partial charge in [0.15, 0.2) is 5.65 Å². The number of nitrogens with zero attached hydrogens (tertiary/aromatic N) is 4. The molecule has 2 aromatic heterocycles. The lowest BCUT2D eigenvalue weighted by Gasteiger charge is -2.22. The summed E-state index contributed by atoms with van der Waals surface area (Å²) in [6, 6.07) is 5.67. The summed E-state index contributed by atoms with van der Waals surface area (Å²) in [6.45, 7) is 13.2. The van der Waals surface area contributed by atoms with E-state index in [1.807, 2.05) is 50.8 Å². The number of aliphatic hydroxyl groups excluding tert-OH is 1. The third kappa shape index (κ3) is 3.82. The zero-order valence-electron chi connectivity index (χ0n) is 18.2. The van der Waals surface area contributed by atoms with Crippen molar-refractivity contribution in [2.45, 2.75) is 33.6 Å². The Kier molecular flexibility index (Phi) is 6.26. The fourth-order valence-electron chi connectivity index (χ4n) is 3.67. The molecule has 1 aromatic carbocycles. The van der Waals surface area contributed by atoms with Crippen LogP contribution in [0, 0.1) is 6.92 Å². The lowest BCUT2D eigenvalue weighted by atomic mass is 10.0. The van der Waals surface area contributed by atoms with E-state index in [0.29, 0.717) is 45.6 Å². The van der Waals surface area contributed by atoms with Crippen molar-refractivity contribution in [1.82, 2.24) is 14.6 Å². The van der Waals surface area contributed by atoms with Crippen LogP contribution in [0.15, 0.2) is 28.0 Å². The van der Waals surface area contributed by atoms with Gasteiger partial charge in [-0.25, -0.2) is 9.98 Å². The van der Waals surface area contributed by atoms with Crippen LogP contribution in [0.1, 0.15) is 37.9 Å². The van der Waals surface area contributed by atoms with Gasteiger partial charge in [-0.2, -0.15) is 4.52 Å². The van der Waals surface area contributed by atoms with E-state index >= 15 is 0 Å². The molecule has 3 aromatic rings. The Hall–Kier alpha value is -3.13. The van der Waals surface area contributed by atoms with Crippen molar-refractivity contribution in [3.63, 3.8) is 0 Å². The van der Waals surface area contributed by atoms with Crippen LogP contribution < -0.4 is 25.9 Å². The maximum absolute atomic E-state index is 12.9. The second-order valence-electron chi connectivity index (χ2n) is 7.44. The number of ether oxygens (including phenoxy) is 1. The normalized spacial score (nSPS) is 12.2. The number of hydrogen-bond acceptors (Lipinski definition) is 6. The van der Waals surface area contributed by atoms with Crippen LogP contribution in [0.5, 0.6) is 5.75 Å². The quantitative estimate of drug-likeness (QED) is 0.616. The molecule has 160 valence electrons. The van der Waals surface area contributed by atoms with Crippen LogP contribution in [0.25, 0.3) is 12.2 Å². The van der Waals surface area contributed by atoms with Crippen molar-refractivity contribution < 1.29 is 9.84 Å². The Balaban J connectivity index is 2.21. The lowest BCUT2D eigenvalue weighted by molar-refractivity contribution is 0.302. The molecule has 0 aliphatic heterocycles. The summed E-state index contributed by atoms with van der Waals surface area (Å²) in [7, 11) is 1.59. The van der Waals surface area contributed by atoms with Gasteiger partial charge in [0, 0.05) is 36.1 Å². The summed E-state index contributed by atoms with van der Waals surface area (Å²) in [6.07, 6.45) is 0. The van der Waals surface area contributed by atoms with Crippen LogP contribution in [0.4, 0.5) is 11.4 Å². The molecule has 30 heavy (non-hydrogen) atoms. The average Bonchev–Trinajstić information content (AvgIpc) is 3.02. The zero-order valence-corrected chi connectivity index (χ0v) is 18.2. The first-order valence-electron chi connectivity index (χ1n) is 10.0. The summed E-state index contributed by atoms with van der Waals surface area (Å²) in [5.41, 5.74) is 3.20. The van der Waals surface area contributed by atoms with Crippen molar-refractivity contribution >= 4 is 23.6 Å². The molecule has 0 fully saturated rings. The number of fused-ring (bicyclic) bond motifs is 1. The van der Waals surface area contributed by atoms with E-state index in [9.17, 15) is 9.90 Å². The molecule has 0 aliphatic carbocycles. The van der Waals surface area contributed by atoms with E-state index < -0.39 is 0 Å². The molecule has 3 rings (SSSR count). The van der Waals surface area contributed by atoms with Crippen LogP contribution in [0.3, 0.4) is 0 Å². The molecule has 0 aliphatic rings. The number of likely N-dealkylation sites (N-methyl/N-ethyl adjacent to an activating group) is 1. The minimum atomic E-state index is -0.135. The van der Waals surface area contributed by atoms with E-state index in [1.165, 1.54) is 4.52 Å². The van der Waals surface area contributed by atoms with E-state index in [2.05, 4.69) is 16.7 Å². The molecule has 0 saturated heterocycles. The SMILES string of the molecule is C=c1[nH]n2c(=O)c(C(C)C)c(C)nc2c1=Nc1ccc(N(CC)CCO)cc1OC. The predicted octanol–water partition coefficient (Wildman–Crippen LogP) is 1.64. The molecule has 0 atom stereocenters. The largest absolute Gasteiger partial charge is 0.494 e. The van der Waals surface area contributed by atoms with Gasteiger partial charge < -0.3 is 14.7 Å². The number of aliphatic hydroxyl groups is 1. The summed E-state index contributed by atoms with van der Waals surface area (Å²) >= 11 is 0. The first-order chi connectivity index (χ1) is 14.3. The number of rotatable bonds is 7. The first-order valence-corrected chi connectivity index (χ1v) is 10.0. The maximum atomic E-state index is 12.9. The van der Waals surface area contributed by atoms with Crippen molar-refractivity contribution in [2.75, 3.05) is 31.7 Å². The Bertz CT molecular complexity index is 1230. The summed E-state index contributed by atoms with van der Waals surface area (Å²) in [4.78, 5) is 24.3. The molecule has 0 spiro atoms. The first kappa shape index (κ1) is 21.6. The molecule has 8 heteroatoms. The number of aryl methyl sites for hydroxylation is 1. The molecule has 2 heterocycles. The second-order valence-corrected chi connectivity index (χ2v) is 7.44. The van der Waals surface area contributed by atoms with Gasteiger partial charge in [0.1, 0.15) is 16.8 Å². The molecule has 0 radical (unpaired) electrons. The van der Waals surface area contributed by atoms with Crippen LogP contribution >= 0.6 is 0 Å². The van der Waals surface area contributed by atoms with Gasteiger partial charge in [0.05, 0.1) is 19.1 Å². The topological polar surface area (TPSA) is 95.2 Å². The highest BCUT2D eigenvalue weighted by Gasteiger charge is 2.16. The Labute approximate surface area is 175 Å². The molecular formula is C22H29N5O3. The molecule has 8 nitrogen and oxygen atoms in total. The smallest absolute Gasteiger partial charge is 0.276 e. The number of H-pyrrole nitrogens is 1. The minimum absolute atomic E-state index is 0.0620. The van der Waals surface area contributed by atoms with E-state index in [0.717, 1.165) is 12.2 Å². The predicted molar refractivity (Wildman–Crippen MR) is 119 cm³/mol. The van der Waals surface area contributed by atoms with Crippen molar-refractivity contribution in [1.29, 1.82) is 0 Å². The van der Waals surface area contributed by atoms with E-state index in [4.69, 9.17) is 9.73 Å². The van der Waals surface area contributed by atoms with Crippen molar-refractivity contribution in [3.05, 3.63) is 50.5 Å². The van der Waals surface area contributed by atoms with Crippen molar-refractivity contribution in [2.24, 2.45) is 4.99 Å². The number of benzene rings is 1. The molecule has 0 bridgehead atoms. The van der Waals surface area contributed by atoms with Gasteiger partial charge in [-0.15, -0.1) is 0 Å². The fraction of sp³-hybridized carbons (Fsp3) is 0.409. The highest BCUT2D eigenvalue weighted by atomic mass is 16.5. The molecule has 0 amide bonds. The van der Waals surface area contributed by atoms with Gasteiger partial charge in [0.25, 0.3) is 5.56 Å². The lowest BCUT2D eigenvalue weighted by Crippen LogP contribution is -2.26. The zero-order chi connectivity index (χ0) is 22.0. The Morgan fingerprint density at radius 1 is 1.40 bits per heavy atom. The van der Waals surface area contributed by atoms with Crippen LogP contribution in [-0.4, -0.2) is 46.5 Å². The Morgan fingerprint density at radius 2 is 2.13 bits per heavy atom. The highest BCUT2D eigenvalue weighted by molar-refractivity contribution is 5.62. The number of nitrogens with one attached hydrogen (secondary N) is 1. The summed E-state index contributed by atoms with van der Waals surface area (Å²) in [5, 5.41) is 13.3. The summed E-state index contributed by atoms with van der Waals surface area (Å²) in [5.74, 6) is 0.646. The second kappa shape index (κ2) is 8.71. The number of aromatic nitrogens is 3. The number of methoxy groups -OCH3 is 1. The van der Waals surface area contributed by atoms with E-state index in [1.54, 1.807) is 7.11 Å². The highest BCUT2D eigenvalue weighted by Crippen LogP contribution is 2.31. The van der Waals surface area contributed by atoms with Gasteiger partial charge in [-0.1, -0.05) is 20.4 Å². The Morgan fingerprint density at radius 3 is 2.73 bits per heavy atom. The number of aromatic amines is 1. The van der Waals surface area contributed by atoms with Gasteiger partial charge in [-0.05, 0) is 31.9 Å². The standard InChI is InChI=1S/C22H29N5O3/c1-7-26(10-11-28)16-8-9-17(18(12-16)30-6)24-20-15(5)25-27-21(20)23-14(4)19(13(2)3)22(27)29/h8-9,12-13,25,28H,5,7,10-11H2,1-4,6H3. The molecular weight excluding hydrogens is 382 g/mol. The van der Waals surface area contributed by atoms with Crippen molar-refractivity contribution in [3.8, 4) is 5.75 Å².